The summed E-state index contributed by atoms with van der Waals surface area (Å²) >= 11 is 8.86. The Hall–Kier alpha value is -0.740. The van der Waals surface area contributed by atoms with Crippen LogP contribution in [-0.4, -0.2) is 18.9 Å². The van der Waals surface area contributed by atoms with E-state index in [9.17, 15) is 4.79 Å². The fourth-order valence-corrected chi connectivity index (χ4v) is 1.71. The van der Waals surface area contributed by atoms with Gasteiger partial charge >= 0.3 is 0 Å². The van der Waals surface area contributed by atoms with Crippen molar-refractivity contribution < 1.29 is 9.53 Å². The number of ether oxygens (including phenoxy) is 1. The molecule has 0 aliphatic carbocycles. The molecule has 5 heteroatoms. The molecule has 88 valence electrons. The molecule has 0 aliphatic rings. The highest BCUT2D eigenvalue weighted by atomic mass is 79.9. The largest absolute Gasteiger partial charge is 0.495 e. The van der Waals surface area contributed by atoms with E-state index < -0.39 is 0 Å². The smallest absolute Gasteiger partial charge is 0.224 e. The Bertz CT molecular complexity index is 371. The van der Waals surface area contributed by atoms with Crippen molar-refractivity contribution in [3.63, 3.8) is 0 Å². The van der Waals surface area contributed by atoms with E-state index in [1.807, 2.05) is 6.07 Å². The average molecular weight is 307 g/mol. The molecule has 1 aromatic carbocycles. The third kappa shape index (κ3) is 4.02. The first-order chi connectivity index (χ1) is 7.67. The van der Waals surface area contributed by atoms with E-state index in [1.165, 1.54) is 0 Å². The SMILES string of the molecule is COc1ccc(Br)cc1NC(=O)CCCCl. The van der Waals surface area contributed by atoms with Crippen molar-refractivity contribution >= 4 is 39.1 Å². The number of carbonyl (C=O) groups is 1. The normalized spacial score (nSPS) is 9.94. The molecule has 0 atom stereocenters. The summed E-state index contributed by atoms with van der Waals surface area (Å²) < 4.78 is 6.03. The average Bonchev–Trinajstić information content (AvgIpc) is 2.27. The maximum Gasteiger partial charge on any atom is 0.224 e. The van der Waals surface area contributed by atoms with Crippen molar-refractivity contribution in [1.29, 1.82) is 0 Å². The number of amides is 1. The summed E-state index contributed by atoms with van der Waals surface area (Å²) in [6.07, 6.45) is 1.09. The van der Waals surface area contributed by atoms with Crippen molar-refractivity contribution in [3.8, 4) is 5.75 Å². The van der Waals surface area contributed by atoms with E-state index in [-0.39, 0.29) is 5.91 Å². The van der Waals surface area contributed by atoms with Gasteiger partial charge in [0.2, 0.25) is 5.91 Å². The van der Waals surface area contributed by atoms with Gasteiger partial charge < -0.3 is 10.1 Å². The van der Waals surface area contributed by atoms with Gasteiger partial charge in [-0.2, -0.15) is 0 Å². The fourth-order valence-electron chi connectivity index (χ4n) is 1.22. The van der Waals surface area contributed by atoms with E-state index in [0.717, 1.165) is 4.47 Å². The topological polar surface area (TPSA) is 38.3 Å². The fraction of sp³-hybridized carbons (Fsp3) is 0.364. The quantitative estimate of drug-likeness (QED) is 0.847. The molecule has 0 saturated heterocycles. The molecule has 3 nitrogen and oxygen atoms in total. The molecule has 1 amide bonds. The predicted molar refractivity (Wildman–Crippen MR) is 69.3 cm³/mol. The van der Waals surface area contributed by atoms with E-state index in [2.05, 4.69) is 21.2 Å². The second-order valence-electron chi connectivity index (χ2n) is 3.19. The summed E-state index contributed by atoms with van der Waals surface area (Å²) in [5, 5.41) is 2.78. The molecule has 0 aromatic heterocycles. The lowest BCUT2D eigenvalue weighted by atomic mass is 10.2. The van der Waals surface area contributed by atoms with Gasteiger partial charge in [0.15, 0.2) is 0 Å². The van der Waals surface area contributed by atoms with Crippen LogP contribution in [-0.2, 0) is 4.79 Å². The van der Waals surface area contributed by atoms with Gasteiger partial charge in [0.05, 0.1) is 12.8 Å². The lowest BCUT2D eigenvalue weighted by Crippen LogP contribution is -2.12. The summed E-state index contributed by atoms with van der Waals surface area (Å²) in [5.41, 5.74) is 0.663. The Kier molecular flexibility index (Phi) is 5.63. The first-order valence-electron chi connectivity index (χ1n) is 4.86. The maximum atomic E-state index is 11.5. The van der Waals surface area contributed by atoms with Crippen LogP contribution in [0.1, 0.15) is 12.8 Å². The van der Waals surface area contributed by atoms with Gasteiger partial charge in [-0.25, -0.2) is 0 Å². The molecule has 0 spiro atoms. The van der Waals surface area contributed by atoms with Crippen molar-refractivity contribution in [1.82, 2.24) is 0 Å². The number of anilines is 1. The van der Waals surface area contributed by atoms with Crippen LogP contribution in [0.4, 0.5) is 5.69 Å². The summed E-state index contributed by atoms with van der Waals surface area (Å²) in [4.78, 5) is 11.5. The molecule has 0 saturated carbocycles. The van der Waals surface area contributed by atoms with Gasteiger partial charge in [-0.15, -0.1) is 11.6 Å². The molecule has 1 N–H and O–H groups in total. The molecule has 0 bridgehead atoms. The van der Waals surface area contributed by atoms with Crippen LogP contribution < -0.4 is 10.1 Å². The summed E-state index contributed by atoms with van der Waals surface area (Å²) in [7, 11) is 1.57. The number of carbonyl (C=O) groups excluding carboxylic acids is 1. The van der Waals surface area contributed by atoms with E-state index in [4.69, 9.17) is 16.3 Å². The monoisotopic (exact) mass is 305 g/mol. The van der Waals surface area contributed by atoms with Gasteiger partial charge in [-0.1, -0.05) is 15.9 Å². The Labute approximate surface area is 108 Å². The van der Waals surface area contributed by atoms with Crippen molar-refractivity contribution in [2.75, 3.05) is 18.3 Å². The van der Waals surface area contributed by atoms with Crippen LogP contribution in [0, 0.1) is 0 Å². The molecule has 1 rings (SSSR count). The standard InChI is InChI=1S/C11H13BrClNO2/c1-16-10-5-4-8(12)7-9(10)14-11(15)3-2-6-13/h4-5,7H,2-3,6H2,1H3,(H,14,15). The number of benzene rings is 1. The van der Waals surface area contributed by atoms with Gasteiger partial charge in [0, 0.05) is 16.8 Å². The molecule has 16 heavy (non-hydrogen) atoms. The molecule has 0 heterocycles. The number of hydrogen-bond donors (Lipinski definition) is 1. The minimum absolute atomic E-state index is 0.0583. The first kappa shape index (κ1) is 13.3. The first-order valence-corrected chi connectivity index (χ1v) is 6.19. The van der Waals surface area contributed by atoms with E-state index >= 15 is 0 Å². The third-order valence-electron chi connectivity index (χ3n) is 1.97. The third-order valence-corrected chi connectivity index (χ3v) is 2.73. The van der Waals surface area contributed by atoms with Crippen LogP contribution in [0.5, 0.6) is 5.75 Å². The highest BCUT2D eigenvalue weighted by Gasteiger charge is 2.07. The lowest BCUT2D eigenvalue weighted by Gasteiger charge is -2.10. The molecule has 0 radical (unpaired) electrons. The summed E-state index contributed by atoms with van der Waals surface area (Å²) in [6, 6.07) is 5.45. The molecule has 0 unspecified atom stereocenters. The second kappa shape index (κ2) is 6.76. The van der Waals surface area contributed by atoms with Crippen LogP contribution in [0.2, 0.25) is 0 Å². The highest BCUT2D eigenvalue weighted by Crippen LogP contribution is 2.27. The Balaban J connectivity index is 2.71. The van der Waals surface area contributed by atoms with Crippen LogP contribution in [0.15, 0.2) is 22.7 Å². The Morgan fingerprint density at radius 2 is 2.31 bits per heavy atom. The predicted octanol–water partition coefficient (Wildman–Crippen LogP) is 3.42. The van der Waals surface area contributed by atoms with Crippen molar-refractivity contribution in [2.45, 2.75) is 12.8 Å². The summed E-state index contributed by atoms with van der Waals surface area (Å²) in [6.45, 7) is 0. The molecular formula is C11H13BrClNO2. The Morgan fingerprint density at radius 1 is 1.56 bits per heavy atom. The zero-order valence-electron chi connectivity index (χ0n) is 8.93. The van der Waals surface area contributed by atoms with Gasteiger partial charge in [-0.05, 0) is 24.6 Å². The van der Waals surface area contributed by atoms with Crippen LogP contribution >= 0.6 is 27.5 Å². The maximum absolute atomic E-state index is 11.5. The number of rotatable bonds is 5. The molecule has 1 aromatic rings. The summed E-state index contributed by atoms with van der Waals surface area (Å²) in [5.74, 6) is 1.07. The molecule has 0 fully saturated rings. The minimum Gasteiger partial charge on any atom is -0.495 e. The number of hydrogen-bond acceptors (Lipinski definition) is 2. The number of alkyl halides is 1. The number of methoxy groups -OCH3 is 1. The zero-order chi connectivity index (χ0) is 12.0. The second-order valence-corrected chi connectivity index (χ2v) is 4.48. The van der Waals surface area contributed by atoms with Gasteiger partial charge in [0.25, 0.3) is 0 Å². The zero-order valence-corrected chi connectivity index (χ0v) is 11.3. The Morgan fingerprint density at radius 3 is 2.94 bits per heavy atom. The van der Waals surface area contributed by atoms with Gasteiger partial charge in [-0.3, -0.25) is 4.79 Å². The lowest BCUT2D eigenvalue weighted by molar-refractivity contribution is -0.116. The van der Waals surface area contributed by atoms with E-state index in [1.54, 1.807) is 19.2 Å². The van der Waals surface area contributed by atoms with Crippen LogP contribution in [0.25, 0.3) is 0 Å². The van der Waals surface area contributed by atoms with E-state index in [0.29, 0.717) is 30.2 Å². The van der Waals surface area contributed by atoms with Gasteiger partial charge in [0.1, 0.15) is 5.75 Å². The van der Waals surface area contributed by atoms with Crippen molar-refractivity contribution in [2.24, 2.45) is 0 Å². The number of nitrogens with one attached hydrogen (secondary N) is 1. The van der Waals surface area contributed by atoms with Crippen LogP contribution in [0.3, 0.4) is 0 Å². The highest BCUT2D eigenvalue weighted by molar-refractivity contribution is 9.10. The number of halogens is 2. The van der Waals surface area contributed by atoms with Crippen molar-refractivity contribution in [3.05, 3.63) is 22.7 Å². The molecule has 0 aliphatic heterocycles. The minimum atomic E-state index is -0.0583. The molecular weight excluding hydrogens is 293 g/mol.